The van der Waals surface area contributed by atoms with Crippen molar-refractivity contribution in [3.05, 3.63) is 0 Å². The van der Waals surface area contributed by atoms with Crippen LogP contribution in [0.25, 0.3) is 0 Å². The summed E-state index contributed by atoms with van der Waals surface area (Å²) in [5.41, 5.74) is -0.0190. The molecule has 2 heteroatoms. The minimum absolute atomic E-state index is 0.0190. The van der Waals surface area contributed by atoms with Crippen molar-refractivity contribution in [3.63, 3.8) is 0 Å². The molecule has 1 atom stereocenters. The Hall–Kier alpha value is -0.0800. The number of hydrogen-bond donors (Lipinski definition) is 1. The summed E-state index contributed by atoms with van der Waals surface area (Å²) < 4.78 is 5.54. The predicted octanol–water partition coefficient (Wildman–Crippen LogP) is 1.82. The molecule has 0 amide bonds. The fraction of sp³-hybridized carbons (Fsp3) is 1.00. The summed E-state index contributed by atoms with van der Waals surface area (Å²) in [5, 5.41) is 9.09. The third kappa shape index (κ3) is 3.11. The van der Waals surface area contributed by atoms with Gasteiger partial charge < -0.3 is 9.84 Å². The Labute approximate surface area is 74.9 Å². The van der Waals surface area contributed by atoms with Gasteiger partial charge in [0.15, 0.2) is 0 Å². The van der Waals surface area contributed by atoms with Crippen LogP contribution in [0.15, 0.2) is 0 Å². The van der Waals surface area contributed by atoms with E-state index >= 15 is 0 Å². The zero-order chi connectivity index (χ0) is 9.03. The maximum Gasteiger partial charge on any atom is 0.0541 e. The topological polar surface area (TPSA) is 29.5 Å². The second kappa shape index (κ2) is 4.24. The lowest BCUT2D eigenvalue weighted by Gasteiger charge is -2.25. The van der Waals surface area contributed by atoms with Gasteiger partial charge in [0.05, 0.1) is 13.2 Å². The molecule has 72 valence electrons. The van der Waals surface area contributed by atoms with Crippen LogP contribution in [-0.4, -0.2) is 24.9 Å². The Bertz CT molecular complexity index is 126. The number of ether oxygens (including phenoxy) is 1. The average Bonchev–Trinajstić information content (AvgIpc) is 2.88. The minimum Gasteiger partial charge on any atom is -0.396 e. The Morgan fingerprint density at radius 1 is 1.50 bits per heavy atom. The molecule has 0 radical (unpaired) electrons. The fourth-order valence-electron chi connectivity index (χ4n) is 1.02. The van der Waals surface area contributed by atoms with Crippen molar-refractivity contribution in [3.8, 4) is 0 Å². The zero-order valence-electron chi connectivity index (χ0n) is 8.18. The number of aliphatic hydroxyl groups excluding tert-OH is 1. The highest BCUT2D eigenvalue weighted by Crippen LogP contribution is 2.30. The number of rotatable bonds is 6. The highest BCUT2D eigenvalue weighted by Gasteiger charge is 2.25. The van der Waals surface area contributed by atoms with Crippen LogP contribution in [0.3, 0.4) is 0 Å². The highest BCUT2D eigenvalue weighted by molar-refractivity contribution is 4.74. The molecule has 1 saturated carbocycles. The van der Waals surface area contributed by atoms with Gasteiger partial charge in [-0.2, -0.15) is 0 Å². The van der Waals surface area contributed by atoms with Crippen LogP contribution in [0.1, 0.15) is 33.1 Å². The maximum atomic E-state index is 9.09. The second-order valence-electron chi connectivity index (χ2n) is 4.28. The summed E-state index contributed by atoms with van der Waals surface area (Å²) >= 11 is 0. The molecule has 12 heavy (non-hydrogen) atoms. The van der Waals surface area contributed by atoms with Crippen molar-refractivity contribution in [2.75, 3.05) is 19.8 Å². The Balaban J connectivity index is 2.08. The molecule has 0 bridgehead atoms. The van der Waals surface area contributed by atoms with Crippen molar-refractivity contribution in [2.24, 2.45) is 11.3 Å². The van der Waals surface area contributed by atoms with Gasteiger partial charge in [0.25, 0.3) is 0 Å². The second-order valence-corrected chi connectivity index (χ2v) is 4.28. The van der Waals surface area contributed by atoms with E-state index in [-0.39, 0.29) is 12.0 Å². The molecular weight excluding hydrogens is 152 g/mol. The maximum absolute atomic E-state index is 9.09. The first-order valence-corrected chi connectivity index (χ1v) is 4.89. The van der Waals surface area contributed by atoms with Crippen molar-refractivity contribution in [1.82, 2.24) is 0 Å². The normalized spacial score (nSPS) is 22.2. The Morgan fingerprint density at radius 3 is 2.58 bits per heavy atom. The van der Waals surface area contributed by atoms with Gasteiger partial charge >= 0.3 is 0 Å². The lowest BCUT2D eigenvalue weighted by Crippen LogP contribution is -2.27. The van der Waals surface area contributed by atoms with E-state index in [0.717, 1.165) is 18.9 Å². The molecule has 1 N–H and O–H groups in total. The van der Waals surface area contributed by atoms with Gasteiger partial charge in [-0.3, -0.25) is 0 Å². The monoisotopic (exact) mass is 172 g/mol. The molecule has 0 aromatic carbocycles. The summed E-state index contributed by atoms with van der Waals surface area (Å²) in [6, 6.07) is 0. The van der Waals surface area contributed by atoms with Crippen LogP contribution < -0.4 is 0 Å². The van der Waals surface area contributed by atoms with Gasteiger partial charge in [0.1, 0.15) is 0 Å². The third-order valence-corrected chi connectivity index (χ3v) is 2.74. The van der Waals surface area contributed by atoms with E-state index in [1.54, 1.807) is 0 Å². The number of aliphatic hydroxyl groups is 1. The summed E-state index contributed by atoms with van der Waals surface area (Å²) in [6.07, 6.45) is 3.65. The summed E-state index contributed by atoms with van der Waals surface area (Å²) in [6.45, 7) is 6.00. The summed E-state index contributed by atoms with van der Waals surface area (Å²) in [4.78, 5) is 0. The molecule has 0 heterocycles. The van der Waals surface area contributed by atoms with Gasteiger partial charge in [0.2, 0.25) is 0 Å². The van der Waals surface area contributed by atoms with Crippen LogP contribution in [0.2, 0.25) is 0 Å². The molecular formula is C10H20O2. The lowest BCUT2D eigenvalue weighted by molar-refractivity contribution is 0.0110. The quantitative estimate of drug-likeness (QED) is 0.662. The van der Waals surface area contributed by atoms with E-state index in [1.807, 2.05) is 0 Å². The van der Waals surface area contributed by atoms with Crippen molar-refractivity contribution in [1.29, 1.82) is 0 Å². The molecule has 0 aromatic heterocycles. The lowest BCUT2D eigenvalue weighted by atomic mass is 9.90. The number of hydrogen-bond acceptors (Lipinski definition) is 2. The van der Waals surface area contributed by atoms with E-state index < -0.39 is 0 Å². The Morgan fingerprint density at radius 2 is 2.17 bits per heavy atom. The molecule has 1 rings (SSSR count). The van der Waals surface area contributed by atoms with Gasteiger partial charge in [-0.25, -0.2) is 0 Å². The van der Waals surface area contributed by atoms with E-state index in [9.17, 15) is 0 Å². The zero-order valence-corrected chi connectivity index (χ0v) is 8.18. The average molecular weight is 172 g/mol. The molecule has 1 fully saturated rings. The third-order valence-electron chi connectivity index (χ3n) is 2.74. The first kappa shape index (κ1) is 10.0. The first-order valence-electron chi connectivity index (χ1n) is 4.89. The summed E-state index contributed by atoms with van der Waals surface area (Å²) in [5.74, 6) is 0.824. The molecule has 0 aromatic rings. The first-order chi connectivity index (χ1) is 5.70. The van der Waals surface area contributed by atoms with E-state index in [2.05, 4.69) is 13.8 Å². The largest absolute Gasteiger partial charge is 0.396 e. The Kier molecular flexibility index (Phi) is 3.53. The molecule has 1 aliphatic carbocycles. The van der Waals surface area contributed by atoms with Crippen molar-refractivity contribution >= 4 is 0 Å². The van der Waals surface area contributed by atoms with Gasteiger partial charge in [0, 0.05) is 12.0 Å². The fourth-order valence-corrected chi connectivity index (χ4v) is 1.02. The SMILES string of the molecule is CCC(C)(CO)COCC1CC1. The van der Waals surface area contributed by atoms with E-state index in [1.165, 1.54) is 12.8 Å². The van der Waals surface area contributed by atoms with E-state index in [0.29, 0.717) is 6.61 Å². The molecule has 1 aliphatic rings. The molecule has 0 saturated heterocycles. The van der Waals surface area contributed by atoms with Gasteiger partial charge in [-0.1, -0.05) is 13.8 Å². The smallest absolute Gasteiger partial charge is 0.0541 e. The summed E-state index contributed by atoms with van der Waals surface area (Å²) in [7, 11) is 0. The van der Waals surface area contributed by atoms with Crippen molar-refractivity contribution in [2.45, 2.75) is 33.1 Å². The van der Waals surface area contributed by atoms with Crippen LogP contribution in [0.5, 0.6) is 0 Å². The van der Waals surface area contributed by atoms with Crippen LogP contribution >= 0.6 is 0 Å². The molecule has 2 nitrogen and oxygen atoms in total. The van der Waals surface area contributed by atoms with Crippen LogP contribution in [-0.2, 0) is 4.74 Å². The van der Waals surface area contributed by atoms with Gasteiger partial charge in [-0.05, 0) is 25.2 Å². The highest BCUT2D eigenvalue weighted by atomic mass is 16.5. The predicted molar refractivity (Wildman–Crippen MR) is 49.0 cm³/mol. The minimum atomic E-state index is -0.0190. The standard InChI is InChI=1S/C10H20O2/c1-3-10(2,7-11)8-12-6-9-4-5-9/h9,11H,3-8H2,1-2H3. The van der Waals surface area contributed by atoms with Crippen molar-refractivity contribution < 1.29 is 9.84 Å². The van der Waals surface area contributed by atoms with Crippen LogP contribution in [0.4, 0.5) is 0 Å². The molecule has 1 unspecified atom stereocenters. The van der Waals surface area contributed by atoms with Crippen LogP contribution in [0, 0.1) is 11.3 Å². The van der Waals surface area contributed by atoms with Gasteiger partial charge in [-0.15, -0.1) is 0 Å². The molecule has 0 spiro atoms. The molecule has 0 aliphatic heterocycles. The van der Waals surface area contributed by atoms with E-state index in [4.69, 9.17) is 9.84 Å².